The summed E-state index contributed by atoms with van der Waals surface area (Å²) in [5, 5.41) is 8.62. The molecule has 2 saturated heterocycles. The number of hydrogen-bond acceptors (Lipinski definition) is 5. The fourth-order valence-electron chi connectivity index (χ4n) is 4.09. The zero-order valence-electron chi connectivity index (χ0n) is 13.0. The lowest BCUT2D eigenvalue weighted by molar-refractivity contribution is 0.0827. The molecule has 0 radical (unpaired) electrons. The van der Waals surface area contributed by atoms with Gasteiger partial charge in [0.05, 0.1) is 18.7 Å². The van der Waals surface area contributed by atoms with Gasteiger partial charge in [-0.05, 0) is 30.3 Å². The van der Waals surface area contributed by atoms with Crippen LogP contribution in [0.4, 0.5) is 5.82 Å². The topological polar surface area (TPSA) is 45.4 Å². The molecule has 2 fully saturated rings. The van der Waals surface area contributed by atoms with Gasteiger partial charge in [0.15, 0.2) is 5.82 Å². The van der Waals surface area contributed by atoms with E-state index in [-0.39, 0.29) is 0 Å². The van der Waals surface area contributed by atoms with E-state index < -0.39 is 0 Å². The number of hydrogen-bond donors (Lipinski definition) is 0. The van der Waals surface area contributed by atoms with E-state index in [4.69, 9.17) is 4.42 Å². The lowest BCUT2D eigenvalue weighted by Crippen LogP contribution is -2.52. The van der Waals surface area contributed by atoms with Gasteiger partial charge in [-0.15, -0.1) is 5.10 Å². The van der Waals surface area contributed by atoms with Gasteiger partial charge in [-0.25, -0.2) is 0 Å². The molecule has 0 saturated carbocycles. The smallest absolute Gasteiger partial charge is 0.159 e. The zero-order chi connectivity index (χ0) is 15.4. The molecule has 5 heteroatoms. The van der Waals surface area contributed by atoms with Crippen molar-refractivity contribution in [1.29, 1.82) is 0 Å². The summed E-state index contributed by atoms with van der Waals surface area (Å²) < 4.78 is 5.27. The molecule has 0 unspecified atom stereocenters. The van der Waals surface area contributed by atoms with Gasteiger partial charge in [0, 0.05) is 42.7 Å². The first-order valence-electron chi connectivity index (χ1n) is 8.03. The van der Waals surface area contributed by atoms with Crippen molar-refractivity contribution in [3.8, 4) is 22.3 Å². The van der Waals surface area contributed by atoms with Gasteiger partial charge in [0.1, 0.15) is 0 Å². The average molecular weight is 306 g/mol. The van der Waals surface area contributed by atoms with Gasteiger partial charge < -0.3 is 14.2 Å². The molecular weight excluding hydrogens is 288 g/mol. The van der Waals surface area contributed by atoms with Crippen molar-refractivity contribution in [3.05, 3.63) is 43.0 Å². The van der Waals surface area contributed by atoms with E-state index in [2.05, 4.69) is 45.2 Å². The molecule has 0 amide bonds. The van der Waals surface area contributed by atoms with Gasteiger partial charge in [-0.2, -0.15) is 5.10 Å². The van der Waals surface area contributed by atoms with Gasteiger partial charge in [0.2, 0.25) is 0 Å². The Bertz CT molecular complexity index is 829. The normalized spacial score (nSPS) is 24.0. The van der Waals surface area contributed by atoms with E-state index in [1.54, 1.807) is 18.7 Å². The third kappa shape index (κ3) is 1.90. The molecule has 4 aliphatic rings. The summed E-state index contributed by atoms with van der Waals surface area (Å²) in [6.45, 7) is 3.31. The maximum Gasteiger partial charge on any atom is 0.159 e. The Balaban J connectivity index is 1.57. The second-order valence-corrected chi connectivity index (χ2v) is 6.61. The Morgan fingerprint density at radius 1 is 1.04 bits per heavy atom. The number of anilines is 1. The van der Waals surface area contributed by atoms with Gasteiger partial charge in [-0.1, -0.05) is 12.1 Å². The first-order chi connectivity index (χ1) is 11.3. The van der Waals surface area contributed by atoms with Crippen LogP contribution < -0.4 is 4.90 Å². The van der Waals surface area contributed by atoms with Crippen LogP contribution in [0.1, 0.15) is 0 Å². The molecule has 0 N–H and O–H groups in total. The van der Waals surface area contributed by atoms with E-state index in [0.29, 0.717) is 6.04 Å². The van der Waals surface area contributed by atoms with E-state index in [0.717, 1.165) is 36.0 Å². The van der Waals surface area contributed by atoms with Gasteiger partial charge in [-0.3, -0.25) is 0 Å². The standard InChI is InChI=1S/C18H18N4O/c1-21-8-13-9-22(10-17(13)21)18-16(4-6-19-20-18)15-3-2-12-11-23-7-5-14(12)15/h2-7,11,13,17H,8-10H2,1H3/t13-,17+/m0/s1. The van der Waals surface area contributed by atoms with Crippen LogP contribution in [0.3, 0.4) is 0 Å². The summed E-state index contributed by atoms with van der Waals surface area (Å²) in [7, 11) is 2.20. The highest BCUT2D eigenvalue weighted by Gasteiger charge is 2.44. The Hall–Kier alpha value is -2.40. The van der Waals surface area contributed by atoms with E-state index in [1.807, 2.05) is 6.07 Å². The SMILES string of the molecule is CN1C[C@H]2CN(c3nnccc3-c3ccc4coccc3-4)C[C@H]21. The minimum Gasteiger partial charge on any atom is -0.472 e. The first-order valence-corrected chi connectivity index (χ1v) is 8.03. The third-order valence-corrected chi connectivity index (χ3v) is 5.33. The summed E-state index contributed by atoms with van der Waals surface area (Å²) >= 11 is 0. The van der Waals surface area contributed by atoms with Crippen LogP contribution in [0.15, 0.2) is 47.4 Å². The Morgan fingerprint density at radius 3 is 2.87 bits per heavy atom. The zero-order valence-corrected chi connectivity index (χ0v) is 13.0. The molecule has 0 bridgehead atoms. The number of likely N-dealkylation sites (tertiary alicyclic amines) is 1. The second kappa shape index (κ2) is 4.80. The molecule has 116 valence electrons. The van der Waals surface area contributed by atoms with Crippen LogP contribution >= 0.6 is 0 Å². The molecule has 3 aliphatic heterocycles. The minimum absolute atomic E-state index is 0.667. The van der Waals surface area contributed by atoms with E-state index in [9.17, 15) is 0 Å². The van der Waals surface area contributed by atoms with Crippen LogP contribution in [-0.4, -0.2) is 47.8 Å². The molecule has 5 nitrogen and oxygen atoms in total. The van der Waals surface area contributed by atoms with Crippen LogP contribution in [0.5, 0.6) is 0 Å². The lowest BCUT2D eigenvalue weighted by Gasteiger charge is -2.40. The molecule has 2 atom stereocenters. The Labute approximate surface area is 134 Å². The highest BCUT2D eigenvalue weighted by molar-refractivity contribution is 5.90. The molecular formula is C18H18N4O. The summed E-state index contributed by atoms with van der Waals surface area (Å²) in [5.74, 6) is 1.77. The maximum absolute atomic E-state index is 5.27. The summed E-state index contributed by atoms with van der Waals surface area (Å²) in [5.41, 5.74) is 4.68. The largest absolute Gasteiger partial charge is 0.472 e. The summed E-state index contributed by atoms with van der Waals surface area (Å²) in [6.07, 6.45) is 5.30. The summed E-state index contributed by atoms with van der Waals surface area (Å²) in [4.78, 5) is 4.83. The van der Waals surface area contributed by atoms with Gasteiger partial charge >= 0.3 is 0 Å². The monoisotopic (exact) mass is 306 g/mol. The molecule has 1 aromatic heterocycles. The van der Waals surface area contributed by atoms with Crippen LogP contribution in [0.25, 0.3) is 22.3 Å². The van der Waals surface area contributed by atoms with Crippen molar-refractivity contribution >= 4 is 5.82 Å². The van der Waals surface area contributed by atoms with E-state index >= 15 is 0 Å². The third-order valence-electron chi connectivity index (χ3n) is 5.33. The lowest BCUT2D eigenvalue weighted by atomic mass is 9.93. The quantitative estimate of drug-likeness (QED) is 0.728. The Kier molecular flexibility index (Phi) is 2.73. The van der Waals surface area contributed by atoms with E-state index in [1.165, 1.54) is 17.7 Å². The number of likely N-dealkylation sites (N-methyl/N-ethyl adjacent to an activating group) is 1. The van der Waals surface area contributed by atoms with Crippen LogP contribution in [0, 0.1) is 5.92 Å². The second-order valence-electron chi connectivity index (χ2n) is 6.61. The van der Waals surface area contributed by atoms with Crippen molar-refractivity contribution < 1.29 is 4.42 Å². The van der Waals surface area contributed by atoms with Gasteiger partial charge in [0.25, 0.3) is 0 Å². The molecule has 23 heavy (non-hydrogen) atoms. The van der Waals surface area contributed by atoms with Crippen LogP contribution in [0.2, 0.25) is 0 Å². The van der Waals surface area contributed by atoms with Crippen molar-refractivity contribution in [1.82, 2.24) is 15.1 Å². The van der Waals surface area contributed by atoms with Crippen LogP contribution in [-0.2, 0) is 0 Å². The highest BCUT2D eigenvalue weighted by atomic mass is 16.3. The van der Waals surface area contributed by atoms with Crippen molar-refractivity contribution in [3.63, 3.8) is 0 Å². The molecule has 0 aromatic carbocycles. The highest BCUT2D eigenvalue weighted by Crippen LogP contribution is 2.41. The predicted octanol–water partition coefficient (Wildman–Crippen LogP) is 2.59. The average Bonchev–Trinajstić information content (AvgIpc) is 3.16. The molecule has 1 aliphatic carbocycles. The number of aromatic nitrogens is 2. The molecule has 0 spiro atoms. The number of rotatable bonds is 2. The maximum atomic E-state index is 5.27. The minimum atomic E-state index is 0.667. The Morgan fingerprint density at radius 2 is 2.00 bits per heavy atom. The fourth-order valence-corrected chi connectivity index (χ4v) is 4.09. The van der Waals surface area contributed by atoms with Crippen molar-refractivity contribution in [2.45, 2.75) is 6.04 Å². The fraction of sp³-hybridized carbons (Fsp3) is 0.333. The van der Waals surface area contributed by atoms with Crippen molar-refractivity contribution in [2.75, 3.05) is 31.6 Å². The van der Waals surface area contributed by atoms with Crippen molar-refractivity contribution in [2.24, 2.45) is 5.92 Å². The molecule has 5 rings (SSSR count). The first kappa shape index (κ1) is 13.1. The molecule has 1 aromatic rings. The number of nitrogens with zero attached hydrogens (tertiary/aromatic N) is 4. The molecule has 4 heterocycles. The predicted molar refractivity (Wildman–Crippen MR) is 88.5 cm³/mol. The number of fused-ring (bicyclic) bond motifs is 2. The summed E-state index contributed by atoms with van der Waals surface area (Å²) in [6, 6.07) is 9.01.